The molecular weight excluding hydrogens is 238 g/mol. The Morgan fingerprint density at radius 2 is 1.95 bits per heavy atom. The summed E-state index contributed by atoms with van der Waals surface area (Å²) in [7, 11) is 0. The minimum Gasteiger partial charge on any atom is -0.352 e. The van der Waals surface area contributed by atoms with Crippen LogP contribution in [0.3, 0.4) is 0 Å². The number of pyridine rings is 1. The van der Waals surface area contributed by atoms with Crippen molar-refractivity contribution >= 4 is 0 Å². The van der Waals surface area contributed by atoms with E-state index in [2.05, 4.69) is 30.7 Å². The van der Waals surface area contributed by atoms with Crippen LogP contribution in [0.15, 0.2) is 47.7 Å². The van der Waals surface area contributed by atoms with Crippen molar-refractivity contribution in [2.75, 3.05) is 0 Å². The van der Waals surface area contributed by atoms with Crippen molar-refractivity contribution < 1.29 is 0 Å². The second-order valence-corrected chi connectivity index (χ2v) is 5.18. The Hall–Kier alpha value is -1.81. The normalized spacial score (nSPS) is 12.8. The molecular formula is C15H21N3O. The second kappa shape index (κ2) is 5.89. The van der Waals surface area contributed by atoms with Crippen LogP contribution >= 0.6 is 0 Å². The molecule has 2 heterocycles. The van der Waals surface area contributed by atoms with Crippen LogP contribution in [0.2, 0.25) is 0 Å². The lowest BCUT2D eigenvalue weighted by molar-refractivity contribution is 0.511. The molecule has 2 aromatic rings. The molecule has 2 aromatic heterocycles. The highest BCUT2D eigenvalue weighted by molar-refractivity contribution is 5.15. The Bertz CT molecular complexity index is 583. The number of aryl methyl sites for hydroxylation is 2. The van der Waals surface area contributed by atoms with Crippen molar-refractivity contribution in [2.24, 2.45) is 11.7 Å². The van der Waals surface area contributed by atoms with Crippen LogP contribution in [-0.4, -0.2) is 9.13 Å². The van der Waals surface area contributed by atoms with Crippen LogP contribution in [0.4, 0.5) is 0 Å². The van der Waals surface area contributed by atoms with E-state index in [1.165, 1.54) is 0 Å². The van der Waals surface area contributed by atoms with Crippen LogP contribution in [0.5, 0.6) is 0 Å². The molecule has 0 radical (unpaired) electrons. The topological polar surface area (TPSA) is 52.9 Å². The average molecular weight is 259 g/mol. The zero-order valence-electron chi connectivity index (χ0n) is 11.5. The number of hydrogen-bond donors (Lipinski definition) is 1. The van der Waals surface area contributed by atoms with Gasteiger partial charge in [-0.3, -0.25) is 4.79 Å². The highest BCUT2D eigenvalue weighted by Crippen LogP contribution is 2.18. The monoisotopic (exact) mass is 259 g/mol. The lowest BCUT2D eigenvalue weighted by atomic mass is 10.00. The number of rotatable bonds is 5. The fraction of sp³-hybridized carbons (Fsp3) is 0.400. The molecule has 0 aromatic carbocycles. The van der Waals surface area contributed by atoms with Crippen LogP contribution < -0.4 is 11.3 Å². The molecule has 0 saturated carbocycles. The fourth-order valence-corrected chi connectivity index (χ4v) is 2.05. The summed E-state index contributed by atoms with van der Waals surface area (Å²) in [5.41, 5.74) is 7.30. The Balaban J connectivity index is 2.01. The Labute approximate surface area is 113 Å². The van der Waals surface area contributed by atoms with Crippen molar-refractivity contribution in [2.45, 2.75) is 33.0 Å². The van der Waals surface area contributed by atoms with Gasteiger partial charge in [0.15, 0.2) is 0 Å². The summed E-state index contributed by atoms with van der Waals surface area (Å²) in [5, 5.41) is 0. The van der Waals surface area contributed by atoms with E-state index in [0.717, 1.165) is 12.1 Å². The first-order chi connectivity index (χ1) is 9.08. The summed E-state index contributed by atoms with van der Waals surface area (Å²) < 4.78 is 3.79. The first-order valence-electron chi connectivity index (χ1n) is 6.64. The SMILES string of the molecule is CC(C)C(N)c1ccn(CCn2ccccc2=O)c1. The van der Waals surface area contributed by atoms with E-state index in [0.29, 0.717) is 12.5 Å². The molecule has 4 nitrogen and oxygen atoms in total. The Kier molecular flexibility index (Phi) is 4.22. The van der Waals surface area contributed by atoms with Gasteiger partial charge in [0.2, 0.25) is 0 Å². The zero-order chi connectivity index (χ0) is 13.8. The highest BCUT2D eigenvalue weighted by atomic mass is 16.1. The number of nitrogens with two attached hydrogens (primary N) is 1. The Morgan fingerprint density at radius 3 is 2.63 bits per heavy atom. The summed E-state index contributed by atoms with van der Waals surface area (Å²) in [6.07, 6.45) is 5.90. The first-order valence-corrected chi connectivity index (χ1v) is 6.64. The van der Waals surface area contributed by atoms with Crippen molar-refractivity contribution in [3.63, 3.8) is 0 Å². The van der Waals surface area contributed by atoms with Crippen LogP contribution in [0.25, 0.3) is 0 Å². The fourth-order valence-electron chi connectivity index (χ4n) is 2.05. The van der Waals surface area contributed by atoms with Gasteiger partial charge in [-0.05, 0) is 23.6 Å². The van der Waals surface area contributed by atoms with Gasteiger partial charge in [0, 0.05) is 43.8 Å². The molecule has 2 N–H and O–H groups in total. The van der Waals surface area contributed by atoms with Gasteiger partial charge in [0.05, 0.1) is 0 Å². The van der Waals surface area contributed by atoms with E-state index in [-0.39, 0.29) is 11.6 Å². The van der Waals surface area contributed by atoms with Crippen LogP contribution in [-0.2, 0) is 13.1 Å². The highest BCUT2D eigenvalue weighted by Gasteiger charge is 2.11. The van der Waals surface area contributed by atoms with Gasteiger partial charge in [-0.1, -0.05) is 19.9 Å². The van der Waals surface area contributed by atoms with Gasteiger partial charge in [0.25, 0.3) is 5.56 Å². The Morgan fingerprint density at radius 1 is 1.16 bits per heavy atom. The number of aromatic nitrogens is 2. The van der Waals surface area contributed by atoms with Gasteiger partial charge in [-0.25, -0.2) is 0 Å². The molecule has 4 heteroatoms. The van der Waals surface area contributed by atoms with E-state index in [9.17, 15) is 4.79 Å². The molecule has 0 aliphatic rings. The molecule has 0 spiro atoms. The maximum absolute atomic E-state index is 11.6. The van der Waals surface area contributed by atoms with Crippen LogP contribution in [0.1, 0.15) is 25.5 Å². The molecule has 2 rings (SSSR count). The minimum atomic E-state index is 0.0359. The van der Waals surface area contributed by atoms with Gasteiger partial charge in [-0.15, -0.1) is 0 Å². The minimum absolute atomic E-state index is 0.0359. The molecule has 0 saturated heterocycles. The molecule has 0 amide bonds. The molecule has 0 bridgehead atoms. The predicted octanol–water partition coefficient (Wildman–Crippen LogP) is 2.01. The van der Waals surface area contributed by atoms with E-state index < -0.39 is 0 Å². The van der Waals surface area contributed by atoms with Gasteiger partial charge >= 0.3 is 0 Å². The first kappa shape index (κ1) is 13.6. The molecule has 0 fully saturated rings. The molecule has 102 valence electrons. The molecule has 1 unspecified atom stereocenters. The third-order valence-corrected chi connectivity index (χ3v) is 3.37. The summed E-state index contributed by atoms with van der Waals surface area (Å²) in [6.45, 7) is 5.68. The largest absolute Gasteiger partial charge is 0.352 e. The lowest BCUT2D eigenvalue weighted by Gasteiger charge is -2.13. The summed E-state index contributed by atoms with van der Waals surface area (Å²) in [4.78, 5) is 11.6. The van der Waals surface area contributed by atoms with Crippen molar-refractivity contribution in [1.29, 1.82) is 0 Å². The van der Waals surface area contributed by atoms with E-state index in [1.807, 2.05) is 18.5 Å². The average Bonchev–Trinajstić information content (AvgIpc) is 2.85. The predicted molar refractivity (Wildman–Crippen MR) is 76.9 cm³/mol. The van der Waals surface area contributed by atoms with Crippen molar-refractivity contribution in [1.82, 2.24) is 9.13 Å². The zero-order valence-corrected chi connectivity index (χ0v) is 11.5. The van der Waals surface area contributed by atoms with Crippen molar-refractivity contribution in [3.8, 4) is 0 Å². The standard InChI is InChI=1S/C15H21N3O/c1-12(2)15(16)13-6-8-17(11-13)9-10-18-7-4-3-5-14(18)19/h3-8,11-12,15H,9-10,16H2,1-2H3. The second-order valence-electron chi connectivity index (χ2n) is 5.18. The van der Waals surface area contributed by atoms with Crippen LogP contribution in [0, 0.1) is 5.92 Å². The van der Waals surface area contributed by atoms with E-state index >= 15 is 0 Å². The molecule has 19 heavy (non-hydrogen) atoms. The van der Waals surface area contributed by atoms with Gasteiger partial charge in [0.1, 0.15) is 0 Å². The third kappa shape index (κ3) is 3.35. The van der Waals surface area contributed by atoms with E-state index in [4.69, 9.17) is 5.73 Å². The molecule has 0 aliphatic carbocycles. The molecule has 1 atom stereocenters. The summed E-state index contributed by atoms with van der Waals surface area (Å²) >= 11 is 0. The third-order valence-electron chi connectivity index (χ3n) is 3.37. The summed E-state index contributed by atoms with van der Waals surface area (Å²) in [5.74, 6) is 0.424. The lowest BCUT2D eigenvalue weighted by Crippen LogP contribution is -2.20. The quantitative estimate of drug-likeness (QED) is 0.893. The van der Waals surface area contributed by atoms with Gasteiger partial charge < -0.3 is 14.9 Å². The smallest absolute Gasteiger partial charge is 0.250 e. The van der Waals surface area contributed by atoms with E-state index in [1.54, 1.807) is 16.7 Å². The summed E-state index contributed by atoms with van der Waals surface area (Å²) in [6, 6.07) is 7.33. The molecule has 0 aliphatic heterocycles. The number of hydrogen-bond acceptors (Lipinski definition) is 2. The maximum atomic E-state index is 11.6. The number of nitrogens with zero attached hydrogens (tertiary/aromatic N) is 2. The van der Waals surface area contributed by atoms with Gasteiger partial charge in [-0.2, -0.15) is 0 Å². The maximum Gasteiger partial charge on any atom is 0.250 e. The van der Waals surface area contributed by atoms with Crippen molar-refractivity contribution in [3.05, 3.63) is 58.8 Å².